The van der Waals surface area contributed by atoms with Crippen LogP contribution in [0.15, 0.2) is 54.9 Å². The molecule has 0 aliphatic carbocycles. The van der Waals surface area contributed by atoms with Crippen molar-refractivity contribution in [3.05, 3.63) is 66.1 Å². The Morgan fingerprint density at radius 2 is 1.89 bits per heavy atom. The van der Waals surface area contributed by atoms with Crippen LogP contribution in [0.5, 0.6) is 0 Å². The summed E-state index contributed by atoms with van der Waals surface area (Å²) in [5, 5.41) is 1.10. The van der Waals surface area contributed by atoms with Crippen LogP contribution in [0.2, 0.25) is 0 Å². The van der Waals surface area contributed by atoms with Gasteiger partial charge in [-0.05, 0) is 30.7 Å². The maximum Gasteiger partial charge on any atom is 0.280 e. The van der Waals surface area contributed by atoms with Gasteiger partial charge in [-0.3, -0.25) is 14.3 Å². The van der Waals surface area contributed by atoms with Gasteiger partial charge in [0, 0.05) is 17.8 Å². The highest BCUT2D eigenvalue weighted by atomic mass is 16.2. The van der Waals surface area contributed by atoms with Gasteiger partial charge in [-0.1, -0.05) is 24.3 Å². The molecule has 0 amide bonds. The summed E-state index contributed by atoms with van der Waals surface area (Å²) < 4.78 is 1.66. The molecule has 0 saturated heterocycles. The molecule has 2 heterocycles. The molecule has 0 saturated carbocycles. The number of aromatic nitrogens is 2. The zero-order valence-electron chi connectivity index (χ0n) is 10.00. The second-order valence-corrected chi connectivity index (χ2v) is 4.22. The Morgan fingerprint density at radius 3 is 2.67 bits per heavy atom. The van der Waals surface area contributed by atoms with E-state index in [1.54, 1.807) is 22.9 Å². The van der Waals surface area contributed by atoms with Crippen LogP contribution in [0.25, 0.3) is 10.9 Å². The summed E-state index contributed by atoms with van der Waals surface area (Å²) in [5.41, 5.74) is 2.47. The second kappa shape index (κ2) is 4.11. The number of aryl methyl sites for hydroxylation is 1. The minimum absolute atomic E-state index is 0.0973. The average molecular weight is 236 g/mol. The molecule has 3 heteroatoms. The lowest BCUT2D eigenvalue weighted by molar-refractivity contribution is 0.0960. The van der Waals surface area contributed by atoms with Gasteiger partial charge in [0.25, 0.3) is 5.91 Å². The summed E-state index contributed by atoms with van der Waals surface area (Å²) in [7, 11) is 0. The van der Waals surface area contributed by atoms with E-state index < -0.39 is 0 Å². The van der Waals surface area contributed by atoms with Crippen LogP contribution >= 0.6 is 0 Å². The molecule has 1 aromatic carbocycles. The minimum atomic E-state index is -0.0973. The first-order chi connectivity index (χ1) is 8.77. The first kappa shape index (κ1) is 10.7. The molecule has 3 nitrogen and oxygen atoms in total. The lowest BCUT2D eigenvalue weighted by Crippen LogP contribution is -2.12. The van der Waals surface area contributed by atoms with Crippen LogP contribution in [-0.4, -0.2) is 15.5 Å². The van der Waals surface area contributed by atoms with Gasteiger partial charge in [-0.15, -0.1) is 0 Å². The molecule has 0 aliphatic rings. The lowest BCUT2D eigenvalue weighted by atomic mass is 10.2. The van der Waals surface area contributed by atoms with E-state index >= 15 is 0 Å². The van der Waals surface area contributed by atoms with Crippen LogP contribution in [0.4, 0.5) is 0 Å². The first-order valence-electron chi connectivity index (χ1n) is 5.80. The molecule has 0 atom stereocenters. The predicted octanol–water partition coefficient (Wildman–Crippen LogP) is 3.03. The molecule has 2 aromatic heterocycles. The quantitative estimate of drug-likeness (QED) is 0.651. The molecule has 0 aliphatic heterocycles. The van der Waals surface area contributed by atoms with Crippen molar-refractivity contribution in [3.8, 4) is 0 Å². The van der Waals surface area contributed by atoms with E-state index in [0.717, 1.165) is 16.5 Å². The van der Waals surface area contributed by atoms with Gasteiger partial charge in [0.15, 0.2) is 0 Å². The van der Waals surface area contributed by atoms with E-state index in [2.05, 4.69) is 4.98 Å². The third kappa shape index (κ3) is 1.61. The summed E-state index contributed by atoms with van der Waals surface area (Å²) in [6.45, 7) is 2.00. The molecular weight excluding hydrogens is 224 g/mol. The SMILES string of the molecule is Cc1cn(C(=O)c2ccccn2)c2ccccc12. The van der Waals surface area contributed by atoms with Crippen molar-refractivity contribution in [3.63, 3.8) is 0 Å². The molecule has 0 bridgehead atoms. The maximum atomic E-state index is 12.4. The summed E-state index contributed by atoms with van der Waals surface area (Å²) in [6, 6.07) is 13.2. The fourth-order valence-electron chi connectivity index (χ4n) is 2.13. The van der Waals surface area contributed by atoms with Crippen molar-refractivity contribution in [2.75, 3.05) is 0 Å². The van der Waals surface area contributed by atoms with Crippen molar-refractivity contribution in [2.45, 2.75) is 6.92 Å². The molecule has 0 N–H and O–H groups in total. The third-order valence-electron chi connectivity index (χ3n) is 3.01. The molecule has 0 radical (unpaired) electrons. The Morgan fingerprint density at radius 1 is 1.11 bits per heavy atom. The molecule has 3 aromatic rings. The van der Waals surface area contributed by atoms with Gasteiger partial charge in [-0.2, -0.15) is 0 Å². The minimum Gasteiger partial charge on any atom is -0.282 e. The molecule has 18 heavy (non-hydrogen) atoms. The van der Waals surface area contributed by atoms with Crippen LogP contribution in [0, 0.1) is 6.92 Å². The molecular formula is C15H12N2O. The van der Waals surface area contributed by atoms with E-state index in [0.29, 0.717) is 5.69 Å². The van der Waals surface area contributed by atoms with E-state index in [1.807, 2.05) is 43.5 Å². The molecule has 0 fully saturated rings. The average Bonchev–Trinajstić information content (AvgIpc) is 2.77. The summed E-state index contributed by atoms with van der Waals surface area (Å²) in [5.74, 6) is -0.0973. The van der Waals surface area contributed by atoms with Gasteiger partial charge in [0.2, 0.25) is 0 Å². The van der Waals surface area contributed by atoms with Crippen LogP contribution in [-0.2, 0) is 0 Å². The van der Waals surface area contributed by atoms with Crippen molar-refractivity contribution < 1.29 is 4.79 Å². The number of carbonyl (C=O) groups is 1. The number of fused-ring (bicyclic) bond motifs is 1. The highest BCUT2D eigenvalue weighted by molar-refractivity contribution is 6.01. The van der Waals surface area contributed by atoms with Crippen LogP contribution in [0.1, 0.15) is 16.1 Å². The second-order valence-electron chi connectivity index (χ2n) is 4.22. The molecule has 0 spiro atoms. The van der Waals surface area contributed by atoms with E-state index in [-0.39, 0.29) is 5.91 Å². The largest absolute Gasteiger partial charge is 0.282 e. The van der Waals surface area contributed by atoms with Gasteiger partial charge in [0.05, 0.1) is 5.52 Å². The Balaban J connectivity index is 2.19. The third-order valence-corrected chi connectivity index (χ3v) is 3.01. The van der Waals surface area contributed by atoms with Crippen LogP contribution in [0.3, 0.4) is 0 Å². The van der Waals surface area contributed by atoms with Crippen molar-refractivity contribution in [2.24, 2.45) is 0 Å². The number of pyridine rings is 1. The number of hydrogen-bond acceptors (Lipinski definition) is 2. The van der Waals surface area contributed by atoms with Gasteiger partial charge < -0.3 is 0 Å². The Bertz CT molecular complexity index is 714. The van der Waals surface area contributed by atoms with E-state index in [9.17, 15) is 4.79 Å². The normalized spacial score (nSPS) is 10.7. The lowest BCUT2D eigenvalue weighted by Gasteiger charge is -2.02. The highest BCUT2D eigenvalue weighted by Gasteiger charge is 2.13. The number of rotatable bonds is 1. The molecule has 0 unspecified atom stereocenters. The number of carbonyl (C=O) groups excluding carboxylic acids is 1. The van der Waals surface area contributed by atoms with Gasteiger partial charge in [-0.25, -0.2) is 0 Å². The first-order valence-corrected chi connectivity index (χ1v) is 5.80. The fourth-order valence-corrected chi connectivity index (χ4v) is 2.13. The monoisotopic (exact) mass is 236 g/mol. The summed E-state index contributed by atoms with van der Waals surface area (Å²) in [4.78, 5) is 16.5. The molecule has 88 valence electrons. The van der Waals surface area contributed by atoms with Crippen LogP contribution < -0.4 is 0 Å². The zero-order chi connectivity index (χ0) is 12.5. The number of para-hydroxylation sites is 1. The number of benzene rings is 1. The van der Waals surface area contributed by atoms with E-state index in [1.165, 1.54) is 0 Å². The predicted molar refractivity (Wildman–Crippen MR) is 70.6 cm³/mol. The van der Waals surface area contributed by atoms with Gasteiger partial charge in [0.1, 0.15) is 5.69 Å². The van der Waals surface area contributed by atoms with E-state index in [4.69, 9.17) is 0 Å². The summed E-state index contributed by atoms with van der Waals surface area (Å²) in [6.07, 6.45) is 3.49. The van der Waals surface area contributed by atoms with Crippen molar-refractivity contribution in [1.82, 2.24) is 9.55 Å². The standard InChI is InChI=1S/C15H12N2O/c1-11-10-17(14-8-3-2-6-12(11)14)15(18)13-7-4-5-9-16-13/h2-10H,1H3. The summed E-state index contributed by atoms with van der Waals surface area (Å²) >= 11 is 0. The number of hydrogen-bond donors (Lipinski definition) is 0. The van der Waals surface area contributed by atoms with Gasteiger partial charge >= 0.3 is 0 Å². The Kier molecular flexibility index (Phi) is 2.45. The molecule has 3 rings (SSSR count). The zero-order valence-corrected chi connectivity index (χ0v) is 10.00. The topological polar surface area (TPSA) is 34.9 Å². The van der Waals surface area contributed by atoms with Crippen molar-refractivity contribution >= 4 is 16.8 Å². The Hall–Kier alpha value is -2.42. The Labute approximate surface area is 105 Å². The van der Waals surface area contributed by atoms with Crippen molar-refractivity contribution in [1.29, 1.82) is 0 Å². The fraction of sp³-hybridized carbons (Fsp3) is 0.0667. The maximum absolute atomic E-state index is 12.4. The number of nitrogens with zero attached hydrogens (tertiary/aromatic N) is 2. The smallest absolute Gasteiger partial charge is 0.280 e. The highest BCUT2D eigenvalue weighted by Crippen LogP contribution is 2.21.